The highest BCUT2D eigenvalue weighted by atomic mass is 16.3. The first-order chi connectivity index (χ1) is 7.22. The van der Waals surface area contributed by atoms with Crippen molar-refractivity contribution in [3.8, 4) is 5.75 Å². The van der Waals surface area contributed by atoms with Crippen LogP contribution >= 0.6 is 0 Å². The number of aromatic nitrogens is 1. The summed E-state index contributed by atoms with van der Waals surface area (Å²) in [4.78, 5) is 4.48. The third-order valence-corrected chi connectivity index (χ3v) is 2.62. The first kappa shape index (κ1) is 9.97. The zero-order chi connectivity index (χ0) is 10.8. The van der Waals surface area contributed by atoms with Crippen molar-refractivity contribution in [3.63, 3.8) is 0 Å². The van der Waals surface area contributed by atoms with E-state index in [0.29, 0.717) is 0 Å². The van der Waals surface area contributed by atoms with Crippen molar-refractivity contribution >= 4 is 10.9 Å². The van der Waals surface area contributed by atoms with Crippen molar-refractivity contribution in [1.29, 1.82) is 0 Å². The molecule has 0 saturated carbocycles. The molecule has 0 unspecified atom stereocenters. The third-order valence-electron chi connectivity index (χ3n) is 2.62. The van der Waals surface area contributed by atoms with E-state index in [2.05, 4.69) is 11.9 Å². The van der Waals surface area contributed by atoms with E-state index in [-0.39, 0.29) is 5.75 Å². The maximum absolute atomic E-state index is 9.73. The maximum atomic E-state index is 9.73. The molecule has 1 aromatic carbocycles. The molecular formula is C13H15NO. The van der Waals surface area contributed by atoms with Crippen molar-refractivity contribution < 1.29 is 5.11 Å². The number of aryl methyl sites for hydroxylation is 2. The van der Waals surface area contributed by atoms with E-state index < -0.39 is 0 Å². The second-order valence-electron chi connectivity index (χ2n) is 3.85. The Morgan fingerprint density at radius 3 is 2.73 bits per heavy atom. The molecule has 0 spiro atoms. The minimum absolute atomic E-state index is 0.272. The molecule has 2 nitrogen and oxygen atoms in total. The molecular weight excluding hydrogens is 186 g/mol. The van der Waals surface area contributed by atoms with Gasteiger partial charge in [-0.25, -0.2) is 4.98 Å². The number of phenolic OH excluding ortho intramolecular Hbond substituents is 1. The van der Waals surface area contributed by atoms with Gasteiger partial charge in [0.2, 0.25) is 0 Å². The molecule has 15 heavy (non-hydrogen) atoms. The molecule has 1 heterocycles. The van der Waals surface area contributed by atoms with Gasteiger partial charge in [0.25, 0.3) is 0 Å². The van der Waals surface area contributed by atoms with Gasteiger partial charge in [0, 0.05) is 11.1 Å². The van der Waals surface area contributed by atoms with Crippen LogP contribution in [0.15, 0.2) is 24.3 Å². The van der Waals surface area contributed by atoms with Crippen LogP contribution in [-0.2, 0) is 6.42 Å². The van der Waals surface area contributed by atoms with Gasteiger partial charge in [0.05, 0.1) is 0 Å². The van der Waals surface area contributed by atoms with E-state index in [1.165, 1.54) is 0 Å². The molecule has 0 aliphatic carbocycles. The summed E-state index contributed by atoms with van der Waals surface area (Å²) < 4.78 is 0. The molecule has 0 bridgehead atoms. The van der Waals surface area contributed by atoms with Gasteiger partial charge in [-0.3, -0.25) is 0 Å². The molecule has 2 rings (SSSR count). The van der Waals surface area contributed by atoms with Crippen LogP contribution in [-0.4, -0.2) is 10.1 Å². The molecule has 0 aliphatic rings. The Labute approximate surface area is 89.6 Å². The monoisotopic (exact) mass is 201 g/mol. The third kappa shape index (κ3) is 1.80. The summed E-state index contributed by atoms with van der Waals surface area (Å²) in [6.45, 7) is 4.16. The van der Waals surface area contributed by atoms with Gasteiger partial charge in [0.15, 0.2) is 0 Å². The summed E-state index contributed by atoms with van der Waals surface area (Å²) in [6, 6.07) is 7.71. The first-order valence-electron chi connectivity index (χ1n) is 5.30. The van der Waals surface area contributed by atoms with Crippen LogP contribution in [0.1, 0.15) is 24.6 Å². The fourth-order valence-corrected chi connectivity index (χ4v) is 1.78. The first-order valence-corrected chi connectivity index (χ1v) is 5.30. The zero-order valence-corrected chi connectivity index (χ0v) is 9.12. The topological polar surface area (TPSA) is 33.1 Å². The normalized spacial score (nSPS) is 10.8. The lowest BCUT2D eigenvalue weighted by atomic mass is 10.1. The number of pyridine rings is 1. The number of rotatable bonds is 2. The smallest absolute Gasteiger partial charge is 0.141 e. The van der Waals surface area contributed by atoms with Gasteiger partial charge < -0.3 is 5.11 Å². The summed E-state index contributed by atoms with van der Waals surface area (Å²) in [5, 5.41) is 10.8. The molecule has 0 aliphatic heterocycles. The minimum atomic E-state index is 0.272. The average molecular weight is 201 g/mol. The summed E-state index contributed by atoms with van der Waals surface area (Å²) >= 11 is 0. The fourth-order valence-electron chi connectivity index (χ4n) is 1.78. The Morgan fingerprint density at radius 1 is 1.20 bits per heavy atom. The Balaban J connectivity index is 2.65. The van der Waals surface area contributed by atoms with Gasteiger partial charge >= 0.3 is 0 Å². The predicted octanol–water partition coefficient (Wildman–Crippen LogP) is 3.20. The summed E-state index contributed by atoms with van der Waals surface area (Å²) in [5.74, 6) is 0.272. The Kier molecular flexibility index (Phi) is 2.58. The maximum Gasteiger partial charge on any atom is 0.141 e. The number of fused-ring (bicyclic) bond motifs is 1. The van der Waals surface area contributed by atoms with Crippen LogP contribution in [0.3, 0.4) is 0 Å². The van der Waals surface area contributed by atoms with Gasteiger partial charge in [-0.2, -0.15) is 0 Å². The van der Waals surface area contributed by atoms with Crippen molar-refractivity contribution in [1.82, 2.24) is 4.98 Å². The number of hydrogen-bond donors (Lipinski definition) is 1. The predicted molar refractivity (Wildman–Crippen MR) is 62.1 cm³/mol. The van der Waals surface area contributed by atoms with Crippen molar-refractivity contribution in [3.05, 3.63) is 35.5 Å². The Morgan fingerprint density at radius 2 is 2.00 bits per heavy atom. The van der Waals surface area contributed by atoms with E-state index >= 15 is 0 Å². The number of hydrogen-bond acceptors (Lipinski definition) is 2. The highest BCUT2D eigenvalue weighted by molar-refractivity contribution is 5.87. The van der Waals surface area contributed by atoms with Gasteiger partial charge in [-0.15, -0.1) is 0 Å². The van der Waals surface area contributed by atoms with Crippen LogP contribution in [0.5, 0.6) is 5.75 Å². The lowest BCUT2D eigenvalue weighted by Gasteiger charge is -2.05. The second-order valence-corrected chi connectivity index (χ2v) is 3.85. The molecule has 0 amide bonds. The standard InChI is InChI=1S/C13H15NO/c1-3-4-10-6-7-11-9(2)5-8-12(15)13(11)14-10/h5-8,15H,3-4H2,1-2H3. The molecule has 78 valence electrons. The fraction of sp³-hybridized carbons (Fsp3) is 0.308. The van der Waals surface area contributed by atoms with Crippen molar-refractivity contribution in [2.45, 2.75) is 26.7 Å². The van der Waals surface area contributed by atoms with E-state index in [0.717, 1.165) is 35.0 Å². The summed E-state index contributed by atoms with van der Waals surface area (Å²) in [5.41, 5.74) is 2.92. The van der Waals surface area contributed by atoms with E-state index in [9.17, 15) is 5.11 Å². The number of phenols is 1. The lowest BCUT2D eigenvalue weighted by Crippen LogP contribution is -1.91. The molecule has 2 aromatic rings. The van der Waals surface area contributed by atoms with E-state index in [1.54, 1.807) is 6.07 Å². The molecule has 0 fully saturated rings. The van der Waals surface area contributed by atoms with Gasteiger partial charge in [0.1, 0.15) is 11.3 Å². The highest BCUT2D eigenvalue weighted by Crippen LogP contribution is 2.25. The highest BCUT2D eigenvalue weighted by Gasteiger charge is 2.04. The molecule has 0 radical (unpaired) electrons. The Bertz CT molecular complexity index is 491. The van der Waals surface area contributed by atoms with Crippen LogP contribution in [0.4, 0.5) is 0 Å². The SMILES string of the molecule is CCCc1ccc2c(C)ccc(O)c2n1. The molecule has 0 saturated heterocycles. The summed E-state index contributed by atoms with van der Waals surface area (Å²) in [7, 11) is 0. The minimum Gasteiger partial charge on any atom is -0.506 e. The zero-order valence-electron chi connectivity index (χ0n) is 9.12. The van der Waals surface area contributed by atoms with Crippen molar-refractivity contribution in [2.75, 3.05) is 0 Å². The van der Waals surface area contributed by atoms with Crippen LogP contribution < -0.4 is 0 Å². The number of aromatic hydroxyl groups is 1. The summed E-state index contributed by atoms with van der Waals surface area (Å²) in [6.07, 6.45) is 2.04. The van der Waals surface area contributed by atoms with Crippen LogP contribution in [0.25, 0.3) is 10.9 Å². The van der Waals surface area contributed by atoms with E-state index in [4.69, 9.17) is 0 Å². The second kappa shape index (κ2) is 3.89. The Hall–Kier alpha value is -1.57. The molecule has 1 aromatic heterocycles. The van der Waals surface area contributed by atoms with Gasteiger partial charge in [-0.1, -0.05) is 25.5 Å². The van der Waals surface area contributed by atoms with Crippen LogP contribution in [0, 0.1) is 6.92 Å². The lowest BCUT2D eigenvalue weighted by molar-refractivity contribution is 0.480. The number of nitrogens with zero attached hydrogens (tertiary/aromatic N) is 1. The number of benzene rings is 1. The van der Waals surface area contributed by atoms with Crippen molar-refractivity contribution in [2.24, 2.45) is 0 Å². The quantitative estimate of drug-likeness (QED) is 0.809. The molecule has 1 N–H and O–H groups in total. The van der Waals surface area contributed by atoms with Crippen LogP contribution in [0.2, 0.25) is 0 Å². The van der Waals surface area contributed by atoms with Gasteiger partial charge in [-0.05, 0) is 31.0 Å². The average Bonchev–Trinajstić information content (AvgIpc) is 2.24. The molecule has 2 heteroatoms. The largest absolute Gasteiger partial charge is 0.506 e. The van der Waals surface area contributed by atoms with E-state index in [1.807, 2.05) is 25.1 Å². The molecule has 0 atom stereocenters.